The number of rotatable bonds is 7. The second-order valence-corrected chi connectivity index (χ2v) is 16.6. The normalized spacial score (nSPS) is 11.8. The Balaban J connectivity index is 1.14. The molecule has 13 aromatic rings. The number of nitrogens with zero attached hydrogens (tertiary/aromatic N) is 4. The summed E-state index contributed by atoms with van der Waals surface area (Å²) in [4.78, 5) is 11.3. The first-order valence-corrected chi connectivity index (χ1v) is 21.8. The van der Waals surface area contributed by atoms with Gasteiger partial charge in [0, 0.05) is 32.7 Å². The predicted molar refractivity (Wildman–Crippen MR) is 266 cm³/mol. The summed E-state index contributed by atoms with van der Waals surface area (Å²) in [7, 11) is 0. The van der Waals surface area contributed by atoms with Gasteiger partial charge in [-0.25, -0.2) is 9.97 Å². The highest BCUT2D eigenvalue weighted by atomic mass is 15.2. The average Bonchev–Trinajstić information content (AvgIpc) is 4.02. The largest absolute Gasteiger partial charge is 0.306 e. The van der Waals surface area contributed by atoms with Crippen LogP contribution in [-0.4, -0.2) is 18.9 Å². The van der Waals surface area contributed by atoms with Crippen LogP contribution in [0.2, 0.25) is 0 Å². The van der Waals surface area contributed by atoms with Crippen molar-refractivity contribution >= 4 is 49.1 Å². The van der Waals surface area contributed by atoms with Gasteiger partial charge < -0.3 is 4.40 Å². The van der Waals surface area contributed by atoms with Gasteiger partial charge in [-0.3, -0.25) is 4.57 Å². The van der Waals surface area contributed by atoms with E-state index in [9.17, 15) is 0 Å². The van der Waals surface area contributed by atoms with E-state index >= 15 is 0 Å². The van der Waals surface area contributed by atoms with Crippen molar-refractivity contribution in [2.24, 2.45) is 0 Å². The fourth-order valence-corrected chi connectivity index (χ4v) is 9.93. The molecular formula is C60H38N4. The van der Waals surface area contributed by atoms with Crippen LogP contribution in [0, 0.1) is 0 Å². The molecule has 0 atom stereocenters. The second-order valence-electron chi connectivity index (χ2n) is 16.6. The highest BCUT2D eigenvalue weighted by Gasteiger charge is 2.26. The highest BCUT2D eigenvalue weighted by molar-refractivity contribution is 6.30. The molecule has 8 aromatic carbocycles. The van der Waals surface area contributed by atoms with Crippen molar-refractivity contribution in [3.63, 3.8) is 0 Å². The number of para-hydroxylation sites is 1. The monoisotopic (exact) mass is 814 g/mol. The van der Waals surface area contributed by atoms with E-state index in [0.29, 0.717) is 5.95 Å². The Morgan fingerprint density at radius 2 is 0.656 bits per heavy atom. The number of hydrogen-bond acceptors (Lipinski definition) is 2. The molecule has 0 saturated carbocycles. The van der Waals surface area contributed by atoms with Crippen LogP contribution in [0.15, 0.2) is 231 Å². The van der Waals surface area contributed by atoms with Gasteiger partial charge >= 0.3 is 0 Å². The first-order valence-electron chi connectivity index (χ1n) is 21.8. The second kappa shape index (κ2) is 14.5. The smallest absolute Gasteiger partial charge is 0.235 e. The van der Waals surface area contributed by atoms with Crippen LogP contribution in [0.3, 0.4) is 0 Å². The molecular weight excluding hydrogens is 777 g/mol. The van der Waals surface area contributed by atoms with E-state index in [1.807, 2.05) is 0 Å². The van der Waals surface area contributed by atoms with E-state index in [0.717, 1.165) is 83.6 Å². The molecule has 5 aromatic heterocycles. The number of pyridine rings is 1. The summed E-state index contributed by atoms with van der Waals surface area (Å²) in [6, 6.07) is 82.6. The summed E-state index contributed by atoms with van der Waals surface area (Å²) in [6.07, 6.45) is 0. The van der Waals surface area contributed by atoms with Crippen molar-refractivity contribution in [3.05, 3.63) is 231 Å². The Kier molecular flexibility index (Phi) is 8.18. The van der Waals surface area contributed by atoms with E-state index in [1.54, 1.807) is 0 Å². The molecule has 13 rings (SSSR count). The van der Waals surface area contributed by atoms with Crippen LogP contribution in [0.25, 0.3) is 122 Å². The quantitative estimate of drug-likeness (QED) is 0.161. The zero-order valence-electron chi connectivity index (χ0n) is 34.7. The van der Waals surface area contributed by atoms with Gasteiger partial charge in [0.15, 0.2) is 0 Å². The Labute approximate surface area is 370 Å². The maximum Gasteiger partial charge on any atom is 0.235 e. The van der Waals surface area contributed by atoms with Crippen LogP contribution in [0.5, 0.6) is 0 Å². The maximum absolute atomic E-state index is 5.65. The average molecular weight is 815 g/mol. The van der Waals surface area contributed by atoms with Crippen molar-refractivity contribution in [1.82, 2.24) is 18.9 Å². The Morgan fingerprint density at radius 1 is 0.266 bits per heavy atom. The molecule has 4 heteroatoms. The molecule has 298 valence electrons. The summed E-state index contributed by atoms with van der Waals surface area (Å²) in [5.74, 6) is 0.620. The van der Waals surface area contributed by atoms with Crippen LogP contribution < -0.4 is 0 Å². The lowest BCUT2D eigenvalue weighted by molar-refractivity contribution is 0.997. The number of hydrogen-bond donors (Lipinski definition) is 0. The molecule has 0 aliphatic rings. The molecule has 0 bridgehead atoms. The van der Waals surface area contributed by atoms with Gasteiger partial charge in [-0.05, 0) is 105 Å². The lowest BCUT2D eigenvalue weighted by atomic mass is 9.93. The molecule has 0 spiro atoms. The molecule has 4 nitrogen and oxygen atoms in total. The highest BCUT2D eigenvalue weighted by Crippen LogP contribution is 2.45. The number of fused-ring (bicyclic) bond motifs is 8. The Hall–Kier alpha value is -8.60. The van der Waals surface area contributed by atoms with Gasteiger partial charge in [0.05, 0.1) is 39.0 Å². The van der Waals surface area contributed by atoms with Crippen molar-refractivity contribution < 1.29 is 0 Å². The Morgan fingerprint density at radius 3 is 1.16 bits per heavy atom. The lowest BCUT2D eigenvalue weighted by Crippen LogP contribution is -2.04. The minimum Gasteiger partial charge on any atom is -0.306 e. The zero-order valence-corrected chi connectivity index (χ0v) is 34.7. The van der Waals surface area contributed by atoms with Gasteiger partial charge in [0.25, 0.3) is 0 Å². The SMILES string of the molecule is c1ccc(-c2cc(-c3ccccc3)cc(-c3cc(-c4cc(-c5ccccc5)cc(-c5ccccc5)c4)nc(-n4c5ccccc5c5c4c4cccc6c7ccccc7c5n64)n3)c2)cc1. The lowest BCUT2D eigenvalue weighted by Gasteiger charge is -2.15. The molecule has 0 aliphatic carbocycles. The predicted octanol–water partition coefficient (Wildman–Crippen LogP) is 15.6. The zero-order chi connectivity index (χ0) is 42.1. The maximum atomic E-state index is 5.65. The van der Waals surface area contributed by atoms with Crippen molar-refractivity contribution in [2.75, 3.05) is 0 Å². The molecule has 0 unspecified atom stereocenters. The summed E-state index contributed by atoms with van der Waals surface area (Å²) in [5.41, 5.74) is 18.5. The van der Waals surface area contributed by atoms with Gasteiger partial charge in [0.1, 0.15) is 0 Å². The standard InChI is InChI=1S/C60H38N4/c1-5-18-39(19-6-1)43-32-44(40-20-7-2-8-21-40)35-47(34-43)52-38-53(48-36-45(41-22-9-3-10-23-41)33-46(37-48)42-24-11-4-12-25-42)62-60(61-52)64-55-29-16-15-28-51(55)57-58-50-27-14-13-26-49(50)54-30-17-31-56(59(57)64)63(54)58/h1-38H. The first kappa shape index (κ1) is 36.1. The summed E-state index contributed by atoms with van der Waals surface area (Å²) >= 11 is 0. The van der Waals surface area contributed by atoms with E-state index in [4.69, 9.17) is 9.97 Å². The van der Waals surface area contributed by atoms with E-state index in [-0.39, 0.29) is 0 Å². The molecule has 0 saturated heterocycles. The molecule has 5 heterocycles. The van der Waals surface area contributed by atoms with E-state index < -0.39 is 0 Å². The van der Waals surface area contributed by atoms with Crippen molar-refractivity contribution in [1.29, 1.82) is 0 Å². The minimum atomic E-state index is 0.620. The molecule has 0 N–H and O–H groups in total. The van der Waals surface area contributed by atoms with Crippen LogP contribution >= 0.6 is 0 Å². The van der Waals surface area contributed by atoms with Crippen molar-refractivity contribution in [2.45, 2.75) is 0 Å². The van der Waals surface area contributed by atoms with E-state index in [2.05, 4.69) is 239 Å². The fraction of sp³-hybridized carbons (Fsp3) is 0. The fourth-order valence-electron chi connectivity index (χ4n) is 9.93. The molecule has 0 aliphatic heterocycles. The van der Waals surface area contributed by atoms with Gasteiger partial charge in [-0.1, -0.05) is 170 Å². The summed E-state index contributed by atoms with van der Waals surface area (Å²) in [5, 5.41) is 4.87. The minimum absolute atomic E-state index is 0.620. The topological polar surface area (TPSA) is 35.1 Å². The molecule has 0 fully saturated rings. The third-order valence-electron chi connectivity index (χ3n) is 12.8. The number of aromatic nitrogens is 4. The molecule has 64 heavy (non-hydrogen) atoms. The molecule has 0 radical (unpaired) electrons. The van der Waals surface area contributed by atoms with E-state index in [1.165, 1.54) is 32.6 Å². The van der Waals surface area contributed by atoms with Crippen LogP contribution in [-0.2, 0) is 0 Å². The van der Waals surface area contributed by atoms with Crippen molar-refractivity contribution in [3.8, 4) is 73.0 Å². The van der Waals surface area contributed by atoms with Gasteiger partial charge in [-0.2, -0.15) is 0 Å². The van der Waals surface area contributed by atoms with Gasteiger partial charge in [-0.15, -0.1) is 0 Å². The third-order valence-corrected chi connectivity index (χ3v) is 12.8. The third kappa shape index (κ3) is 5.77. The first-order chi connectivity index (χ1) is 31.7. The summed E-state index contributed by atoms with van der Waals surface area (Å²) in [6.45, 7) is 0. The number of benzene rings is 8. The summed E-state index contributed by atoms with van der Waals surface area (Å²) < 4.78 is 4.75. The molecule has 0 amide bonds. The van der Waals surface area contributed by atoms with Crippen LogP contribution in [0.4, 0.5) is 0 Å². The van der Waals surface area contributed by atoms with Gasteiger partial charge in [0.2, 0.25) is 5.95 Å². The van der Waals surface area contributed by atoms with Crippen LogP contribution in [0.1, 0.15) is 0 Å². The Bertz CT molecular complexity index is 3610.